The van der Waals surface area contributed by atoms with E-state index in [1.807, 2.05) is 53.4 Å². The third kappa shape index (κ3) is 4.84. The number of rotatable bonds is 6. The summed E-state index contributed by atoms with van der Waals surface area (Å²) in [5, 5.41) is 2.13. The first-order valence-electron chi connectivity index (χ1n) is 13.8. The molecule has 40 heavy (non-hydrogen) atoms. The smallest absolute Gasteiger partial charge is 0.263 e. The fourth-order valence-electron chi connectivity index (χ4n) is 6.31. The number of aliphatic imine (C=N–C) groups is 1. The predicted molar refractivity (Wildman–Crippen MR) is 164 cm³/mol. The fourth-order valence-corrected chi connectivity index (χ4v) is 7.92. The van der Waals surface area contributed by atoms with Crippen LogP contribution in [0.15, 0.2) is 64.1 Å². The molecule has 4 atom stereocenters. The number of hydrogen-bond donors (Lipinski definition) is 0. The SMILES string of the molecule is CC[C@H]1CC[C@@H](C(=O)N(C)C)N1C(=O)C1=C(C(C)C)N2C(=N[C@@](C)(c3ccc(Cl)cc3)[C@H]2c2ccc(Cl)cc2)S1. The molecule has 0 N–H and O–H groups in total. The van der Waals surface area contributed by atoms with Gasteiger partial charge in [-0.05, 0) is 79.3 Å². The molecule has 2 aromatic rings. The molecule has 3 aliphatic heterocycles. The molecule has 3 heterocycles. The Morgan fingerprint density at radius 3 is 2.20 bits per heavy atom. The van der Waals surface area contributed by atoms with Crippen molar-refractivity contribution in [1.82, 2.24) is 14.7 Å². The molecule has 9 heteroatoms. The van der Waals surface area contributed by atoms with Crippen molar-refractivity contribution in [1.29, 1.82) is 0 Å². The van der Waals surface area contributed by atoms with Crippen LogP contribution < -0.4 is 0 Å². The minimum absolute atomic E-state index is 0.0220. The molecule has 0 aromatic heterocycles. The monoisotopic (exact) mass is 598 g/mol. The molecule has 2 aromatic carbocycles. The highest BCUT2D eigenvalue weighted by Crippen LogP contribution is 2.56. The van der Waals surface area contributed by atoms with Gasteiger partial charge in [0.2, 0.25) is 5.91 Å². The number of allylic oxidation sites excluding steroid dienone is 1. The second-order valence-electron chi connectivity index (χ2n) is 11.4. The standard InChI is InChI=1S/C31H36Cl2N4O2S/c1-7-23-16-17-24(28(38)35(5)6)36(23)29(39)26-25(18(2)3)37-27(19-8-12-21(32)13-9-19)31(4,34-30(37)40-26)20-10-14-22(33)15-11-20/h8-15,18,23-24,27H,7,16-17H2,1-6H3/t23-,24-,27+,31-/m0/s1. The van der Waals surface area contributed by atoms with Crippen LogP contribution in [0.3, 0.4) is 0 Å². The summed E-state index contributed by atoms with van der Waals surface area (Å²) in [4.78, 5) is 39.2. The van der Waals surface area contributed by atoms with Gasteiger partial charge in [-0.15, -0.1) is 0 Å². The molecule has 0 aliphatic carbocycles. The van der Waals surface area contributed by atoms with Crippen LogP contribution in [0.5, 0.6) is 0 Å². The Hall–Kier alpha value is -2.48. The average molecular weight is 600 g/mol. The summed E-state index contributed by atoms with van der Waals surface area (Å²) >= 11 is 14.0. The molecule has 0 bridgehead atoms. The Labute approximate surface area is 251 Å². The molecule has 6 nitrogen and oxygen atoms in total. The molecule has 212 valence electrons. The van der Waals surface area contributed by atoms with Crippen molar-refractivity contribution in [3.8, 4) is 0 Å². The molecule has 2 amide bonds. The van der Waals surface area contributed by atoms with Gasteiger partial charge in [0.15, 0.2) is 5.17 Å². The van der Waals surface area contributed by atoms with Crippen molar-refractivity contribution >= 4 is 51.9 Å². The Balaban J connectivity index is 1.63. The van der Waals surface area contributed by atoms with Crippen molar-refractivity contribution in [2.75, 3.05) is 14.1 Å². The molecule has 1 saturated heterocycles. The molecule has 0 spiro atoms. The van der Waals surface area contributed by atoms with E-state index in [0.29, 0.717) is 21.4 Å². The van der Waals surface area contributed by atoms with Crippen LogP contribution in [0.1, 0.15) is 64.1 Å². The van der Waals surface area contributed by atoms with E-state index < -0.39 is 11.6 Å². The molecule has 0 saturated carbocycles. The number of benzene rings is 2. The number of halogens is 2. The number of carbonyl (C=O) groups is 2. The summed E-state index contributed by atoms with van der Waals surface area (Å²) in [6.07, 6.45) is 2.32. The summed E-state index contributed by atoms with van der Waals surface area (Å²) in [6.45, 7) is 8.46. The van der Waals surface area contributed by atoms with Gasteiger partial charge in [-0.1, -0.05) is 68.2 Å². The van der Waals surface area contributed by atoms with Gasteiger partial charge in [0.1, 0.15) is 16.5 Å². The maximum Gasteiger partial charge on any atom is 0.263 e. The zero-order chi connectivity index (χ0) is 28.9. The Kier molecular flexibility index (Phi) is 8.03. The number of likely N-dealkylation sites (N-methyl/N-ethyl adjacent to an activating group) is 1. The minimum Gasteiger partial charge on any atom is -0.347 e. The summed E-state index contributed by atoms with van der Waals surface area (Å²) in [6, 6.07) is 15.1. The van der Waals surface area contributed by atoms with Gasteiger partial charge in [0.25, 0.3) is 5.91 Å². The Morgan fingerprint density at radius 2 is 1.65 bits per heavy atom. The van der Waals surface area contributed by atoms with Crippen molar-refractivity contribution in [3.63, 3.8) is 0 Å². The number of amidine groups is 1. The van der Waals surface area contributed by atoms with Crippen LogP contribution in [0.2, 0.25) is 10.0 Å². The molecular weight excluding hydrogens is 563 g/mol. The Bertz CT molecular complexity index is 1370. The first kappa shape index (κ1) is 29.0. The molecular formula is C31H36Cl2N4O2S. The van der Waals surface area contributed by atoms with Crippen LogP contribution in [0, 0.1) is 5.92 Å². The van der Waals surface area contributed by atoms with E-state index in [4.69, 9.17) is 28.2 Å². The van der Waals surface area contributed by atoms with Gasteiger partial charge in [0.05, 0.1) is 6.04 Å². The van der Waals surface area contributed by atoms with Gasteiger partial charge >= 0.3 is 0 Å². The van der Waals surface area contributed by atoms with Crippen LogP contribution in [-0.2, 0) is 15.1 Å². The maximum absolute atomic E-state index is 14.4. The van der Waals surface area contributed by atoms with E-state index in [2.05, 4.69) is 32.6 Å². The van der Waals surface area contributed by atoms with Gasteiger partial charge < -0.3 is 14.7 Å². The zero-order valence-corrected chi connectivity index (χ0v) is 26.1. The molecule has 1 fully saturated rings. The Morgan fingerprint density at radius 1 is 1.05 bits per heavy atom. The number of likely N-dealkylation sites (tertiary alicyclic amines) is 1. The highest BCUT2D eigenvalue weighted by molar-refractivity contribution is 8.18. The molecule has 0 radical (unpaired) electrons. The third-order valence-corrected chi connectivity index (χ3v) is 9.86. The summed E-state index contributed by atoms with van der Waals surface area (Å²) in [5.74, 6) is -0.0446. The maximum atomic E-state index is 14.4. The number of thioether (sulfide) groups is 1. The molecule has 0 unspecified atom stereocenters. The van der Waals surface area contributed by atoms with Gasteiger partial charge in [-0.25, -0.2) is 4.99 Å². The van der Waals surface area contributed by atoms with Gasteiger partial charge in [0, 0.05) is 35.9 Å². The van der Waals surface area contributed by atoms with E-state index in [9.17, 15) is 9.59 Å². The third-order valence-electron chi connectivity index (χ3n) is 8.30. The molecule has 3 aliphatic rings. The number of hydrogen-bond acceptors (Lipinski definition) is 5. The lowest BCUT2D eigenvalue weighted by Crippen LogP contribution is -2.49. The number of nitrogens with zero attached hydrogens (tertiary/aromatic N) is 4. The van der Waals surface area contributed by atoms with Crippen molar-refractivity contribution in [3.05, 3.63) is 80.3 Å². The lowest BCUT2D eigenvalue weighted by atomic mass is 9.81. The summed E-state index contributed by atoms with van der Waals surface area (Å²) < 4.78 is 0. The van der Waals surface area contributed by atoms with E-state index in [0.717, 1.165) is 34.8 Å². The van der Waals surface area contributed by atoms with E-state index in [1.165, 1.54) is 11.8 Å². The van der Waals surface area contributed by atoms with Crippen LogP contribution in [-0.4, -0.2) is 57.9 Å². The average Bonchev–Trinajstić information content (AvgIpc) is 3.58. The number of carbonyl (C=O) groups excluding carboxylic acids is 2. The fraction of sp³-hybridized carbons (Fsp3) is 0.452. The van der Waals surface area contributed by atoms with Crippen molar-refractivity contribution in [2.45, 2.75) is 70.6 Å². The van der Waals surface area contributed by atoms with Crippen LogP contribution in [0.4, 0.5) is 0 Å². The lowest BCUT2D eigenvalue weighted by molar-refractivity contribution is -0.141. The highest BCUT2D eigenvalue weighted by atomic mass is 35.5. The number of amides is 2. The summed E-state index contributed by atoms with van der Waals surface area (Å²) in [7, 11) is 3.51. The second-order valence-corrected chi connectivity index (χ2v) is 13.3. The first-order valence-corrected chi connectivity index (χ1v) is 15.4. The van der Waals surface area contributed by atoms with Crippen LogP contribution >= 0.6 is 35.0 Å². The largest absolute Gasteiger partial charge is 0.347 e. The van der Waals surface area contributed by atoms with Gasteiger partial charge in [-0.3, -0.25) is 9.59 Å². The topological polar surface area (TPSA) is 56.2 Å². The van der Waals surface area contributed by atoms with E-state index in [1.54, 1.807) is 19.0 Å². The summed E-state index contributed by atoms with van der Waals surface area (Å²) in [5.41, 5.74) is 2.42. The zero-order valence-electron chi connectivity index (χ0n) is 23.8. The van der Waals surface area contributed by atoms with E-state index in [-0.39, 0.29) is 29.8 Å². The van der Waals surface area contributed by atoms with Crippen molar-refractivity contribution < 1.29 is 9.59 Å². The highest BCUT2D eigenvalue weighted by Gasteiger charge is 2.54. The first-order chi connectivity index (χ1) is 19.0. The predicted octanol–water partition coefficient (Wildman–Crippen LogP) is 7.09. The number of fused-ring (bicyclic) bond motifs is 1. The second kappa shape index (κ2) is 11.1. The molecule has 5 rings (SSSR count). The van der Waals surface area contributed by atoms with E-state index >= 15 is 0 Å². The van der Waals surface area contributed by atoms with Crippen LogP contribution in [0.25, 0.3) is 0 Å². The van der Waals surface area contributed by atoms with Gasteiger partial charge in [-0.2, -0.15) is 0 Å². The van der Waals surface area contributed by atoms with Crippen molar-refractivity contribution in [2.24, 2.45) is 10.9 Å². The normalized spacial score (nSPS) is 26.0. The quantitative estimate of drug-likeness (QED) is 0.356. The lowest BCUT2D eigenvalue weighted by Gasteiger charge is -2.37. The minimum atomic E-state index is -0.626.